The predicted molar refractivity (Wildman–Crippen MR) is 128 cm³/mol. The second kappa shape index (κ2) is 7.63. The number of thiophene rings is 1. The summed E-state index contributed by atoms with van der Waals surface area (Å²) in [5, 5.41) is 7.20. The Balaban J connectivity index is 1.40. The lowest BCUT2D eigenvalue weighted by molar-refractivity contribution is -0.148. The molecule has 0 bridgehead atoms. The van der Waals surface area contributed by atoms with Gasteiger partial charge in [-0.2, -0.15) is 0 Å². The monoisotopic (exact) mass is 479 g/mol. The summed E-state index contributed by atoms with van der Waals surface area (Å²) in [5.41, 5.74) is 1.89. The van der Waals surface area contributed by atoms with Crippen molar-refractivity contribution in [1.82, 2.24) is 19.9 Å². The lowest BCUT2D eigenvalue weighted by Crippen LogP contribution is -2.52. The number of nitrogens with one attached hydrogen (secondary N) is 2. The zero-order chi connectivity index (χ0) is 23.6. The standard InChI is InChI=1S/C24H25N5O4S/c1-3-33-23(32)13-5-6-14-16(10-13)34-21-17(14)19(25-11-26-21)27-15-9-12(2)18-20(30)28-24(7-4-8-24)29(18)22(15)31/h9,11,13H,3-8,10H2,1-2H3,(H,28,30)(H,25,26,27)/t13-/m0/s1. The number of hydrogen-bond donors (Lipinski definition) is 2. The maximum absolute atomic E-state index is 13.5. The van der Waals surface area contributed by atoms with E-state index in [4.69, 9.17) is 4.74 Å². The highest BCUT2D eigenvalue weighted by molar-refractivity contribution is 7.19. The number of carbonyl (C=O) groups is 2. The molecule has 4 heterocycles. The van der Waals surface area contributed by atoms with Gasteiger partial charge in [0.1, 0.15) is 34.0 Å². The molecule has 3 aromatic heterocycles. The summed E-state index contributed by atoms with van der Waals surface area (Å²) in [5.74, 6) is 0.102. The molecule has 34 heavy (non-hydrogen) atoms. The number of ether oxygens (including phenoxy) is 1. The van der Waals surface area contributed by atoms with Crippen molar-refractivity contribution in [2.45, 2.75) is 58.0 Å². The Kier molecular flexibility index (Phi) is 4.77. The summed E-state index contributed by atoms with van der Waals surface area (Å²) in [7, 11) is 0. The average Bonchev–Trinajstić information content (AvgIpc) is 3.33. The molecule has 9 nitrogen and oxygen atoms in total. The van der Waals surface area contributed by atoms with Crippen LogP contribution in [0.2, 0.25) is 0 Å². The summed E-state index contributed by atoms with van der Waals surface area (Å²) >= 11 is 1.57. The van der Waals surface area contributed by atoms with Gasteiger partial charge in [-0.1, -0.05) is 0 Å². The molecule has 1 saturated carbocycles. The normalized spacial score (nSPS) is 19.9. The first-order valence-electron chi connectivity index (χ1n) is 11.7. The van der Waals surface area contributed by atoms with E-state index >= 15 is 0 Å². The van der Waals surface area contributed by atoms with Crippen LogP contribution in [0, 0.1) is 12.8 Å². The quantitative estimate of drug-likeness (QED) is 0.552. The van der Waals surface area contributed by atoms with Gasteiger partial charge in [-0.15, -0.1) is 11.3 Å². The van der Waals surface area contributed by atoms with E-state index in [1.54, 1.807) is 22.0 Å². The molecular weight excluding hydrogens is 454 g/mol. The molecule has 2 N–H and O–H groups in total. The van der Waals surface area contributed by atoms with Crippen molar-refractivity contribution in [3.8, 4) is 0 Å². The lowest BCUT2D eigenvalue weighted by atomic mass is 9.85. The van der Waals surface area contributed by atoms with Crippen LogP contribution < -0.4 is 16.2 Å². The summed E-state index contributed by atoms with van der Waals surface area (Å²) in [6.45, 7) is 4.05. The fourth-order valence-corrected chi connectivity index (χ4v) is 6.77. The van der Waals surface area contributed by atoms with Crippen LogP contribution in [-0.4, -0.2) is 33.0 Å². The molecule has 176 valence electrons. The number of anilines is 2. The molecule has 1 fully saturated rings. The van der Waals surface area contributed by atoms with Gasteiger partial charge in [0.2, 0.25) is 0 Å². The predicted octanol–water partition coefficient (Wildman–Crippen LogP) is 3.15. The third kappa shape index (κ3) is 3.01. The van der Waals surface area contributed by atoms with Crippen molar-refractivity contribution in [3.63, 3.8) is 0 Å². The smallest absolute Gasteiger partial charge is 0.309 e. The SMILES string of the molecule is CCOC(=O)[C@H]1CCc2c(sc3ncnc(Nc4cc(C)c5n(c4=O)C4(CCC4)NC5=O)c23)C1. The minimum absolute atomic E-state index is 0.141. The summed E-state index contributed by atoms with van der Waals surface area (Å²) in [6, 6.07) is 1.73. The van der Waals surface area contributed by atoms with E-state index in [2.05, 4.69) is 20.6 Å². The number of aryl methyl sites for hydroxylation is 2. The minimum Gasteiger partial charge on any atom is -0.466 e. The molecule has 3 aromatic rings. The molecule has 0 unspecified atom stereocenters. The molecule has 1 atom stereocenters. The molecule has 1 amide bonds. The Hall–Kier alpha value is -3.27. The Morgan fingerprint density at radius 1 is 1.35 bits per heavy atom. The van der Waals surface area contributed by atoms with Gasteiger partial charge in [0.15, 0.2) is 0 Å². The lowest BCUT2D eigenvalue weighted by Gasteiger charge is -2.39. The average molecular weight is 480 g/mol. The second-order valence-corrected chi connectivity index (χ2v) is 10.4. The Morgan fingerprint density at radius 3 is 2.91 bits per heavy atom. The van der Waals surface area contributed by atoms with Crippen molar-refractivity contribution in [3.05, 3.63) is 44.4 Å². The van der Waals surface area contributed by atoms with Crippen molar-refractivity contribution in [1.29, 1.82) is 0 Å². The molecular formula is C24H25N5O4S. The molecule has 10 heteroatoms. The molecule has 0 saturated heterocycles. The molecule has 1 aliphatic heterocycles. The van der Waals surface area contributed by atoms with Crippen LogP contribution in [0.1, 0.15) is 59.1 Å². The van der Waals surface area contributed by atoms with Crippen molar-refractivity contribution in [2.24, 2.45) is 5.92 Å². The van der Waals surface area contributed by atoms with Gasteiger partial charge in [0, 0.05) is 4.88 Å². The number of hydrogen-bond acceptors (Lipinski definition) is 8. The molecule has 2 aliphatic carbocycles. The fourth-order valence-electron chi connectivity index (χ4n) is 5.50. The largest absolute Gasteiger partial charge is 0.466 e. The van der Waals surface area contributed by atoms with Crippen LogP contribution in [0.3, 0.4) is 0 Å². The number of esters is 1. The second-order valence-electron chi connectivity index (χ2n) is 9.29. The summed E-state index contributed by atoms with van der Waals surface area (Å²) in [6.07, 6.45) is 6.05. The van der Waals surface area contributed by atoms with E-state index in [0.29, 0.717) is 36.6 Å². The number of fused-ring (bicyclic) bond motifs is 5. The third-order valence-corrected chi connectivity index (χ3v) is 8.44. The van der Waals surface area contributed by atoms with E-state index in [9.17, 15) is 14.4 Å². The number of rotatable bonds is 4. The summed E-state index contributed by atoms with van der Waals surface area (Å²) in [4.78, 5) is 49.3. The van der Waals surface area contributed by atoms with E-state index in [-0.39, 0.29) is 23.4 Å². The highest BCUT2D eigenvalue weighted by atomic mass is 32.1. The molecule has 6 rings (SSSR count). The van der Waals surface area contributed by atoms with Crippen LogP contribution in [0.25, 0.3) is 10.2 Å². The van der Waals surface area contributed by atoms with Crippen molar-refractivity contribution >= 4 is 44.9 Å². The van der Waals surface area contributed by atoms with E-state index in [0.717, 1.165) is 51.9 Å². The van der Waals surface area contributed by atoms with Crippen LogP contribution in [0.4, 0.5) is 11.5 Å². The van der Waals surface area contributed by atoms with Gasteiger partial charge in [0.25, 0.3) is 11.5 Å². The van der Waals surface area contributed by atoms with E-state index in [1.807, 2.05) is 13.8 Å². The number of pyridine rings is 1. The first-order valence-corrected chi connectivity index (χ1v) is 12.5. The highest BCUT2D eigenvalue weighted by Gasteiger charge is 2.48. The van der Waals surface area contributed by atoms with Gasteiger partial charge in [0.05, 0.1) is 17.9 Å². The van der Waals surface area contributed by atoms with Crippen molar-refractivity contribution in [2.75, 3.05) is 11.9 Å². The van der Waals surface area contributed by atoms with Gasteiger partial charge in [-0.05, 0) is 69.6 Å². The van der Waals surface area contributed by atoms with E-state index in [1.165, 1.54) is 6.33 Å². The minimum atomic E-state index is -0.601. The maximum Gasteiger partial charge on any atom is 0.309 e. The first-order chi connectivity index (χ1) is 16.4. The van der Waals surface area contributed by atoms with Crippen LogP contribution in [-0.2, 0) is 28.0 Å². The zero-order valence-corrected chi connectivity index (χ0v) is 19.9. The summed E-state index contributed by atoms with van der Waals surface area (Å²) < 4.78 is 6.87. The number of amides is 1. The van der Waals surface area contributed by atoms with Gasteiger partial charge in [-0.25, -0.2) is 9.97 Å². The number of aromatic nitrogens is 3. The third-order valence-electron chi connectivity index (χ3n) is 7.28. The molecule has 3 aliphatic rings. The molecule has 0 radical (unpaired) electrons. The van der Waals surface area contributed by atoms with Crippen LogP contribution >= 0.6 is 11.3 Å². The van der Waals surface area contributed by atoms with Crippen molar-refractivity contribution < 1.29 is 14.3 Å². The van der Waals surface area contributed by atoms with Gasteiger partial charge >= 0.3 is 5.97 Å². The molecule has 0 aromatic carbocycles. The Morgan fingerprint density at radius 2 is 2.18 bits per heavy atom. The Labute approximate surface area is 199 Å². The van der Waals surface area contributed by atoms with Crippen LogP contribution in [0.5, 0.6) is 0 Å². The highest BCUT2D eigenvalue weighted by Crippen LogP contribution is 2.42. The van der Waals surface area contributed by atoms with Gasteiger partial charge < -0.3 is 15.4 Å². The number of nitrogens with zero attached hydrogens (tertiary/aromatic N) is 3. The fraction of sp³-hybridized carbons (Fsp3) is 0.458. The topological polar surface area (TPSA) is 115 Å². The number of carbonyl (C=O) groups excluding carboxylic acids is 2. The van der Waals surface area contributed by atoms with E-state index < -0.39 is 5.66 Å². The molecule has 1 spiro atoms. The zero-order valence-electron chi connectivity index (χ0n) is 19.1. The first kappa shape index (κ1) is 21.3. The van der Waals surface area contributed by atoms with Crippen LogP contribution in [0.15, 0.2) is 17.2 Å². The Bertz CT molecular complexity index is 1420. The van der Waals surface area contributed by atoms with Gasteiger partial charge in [-0.3, -0.25) is 19.0 Å². The maximum atomic E-state index is 13.5.